The predicted octanol–water partition coefficient (Wildman–Crippen LogP) is 3.66. The highest BCUT2D eigenvalue weighted by atomic mass is 35.5. The molecule has 0 aromatic heterocycles. The Morgan fingerprint density at radius 3 is 2.73 bits per heavy atom. The molecule has 0 atom stereocenters. The van der Waals surface area contributed by atoms with Crippen molar-refractivity contribution >= 4 is 23.3 Å². The Kier molecular flexibility index (Phi) is 7.48. The molecule has 0 bridgehead atoms. The van der Waals surface area contributed by atoms with E-state index in [0.29, 0.717) is 29.6 Å². The van der Waals surface area contributed by atoms with Gasteiger partial charge in [-0.3, -0.25) is 0 Å². The lowest BCUT2D eigenvalue weighted by molar-refractivity contribution is 0.148. The maximum atomic E-state index is 11.8. The van der Waals surface area contributed by atoms with E-state index < -0.39 is 0 Å². The molecule has 0 aliphatic rings. The third kappa shape index (κ3) is 6.54. The van der Waals surface area contributed by atoms with Crippen molar-refractivity contribution in [2.24, 2.45) is 5.41 Å². The second-order valence-corrected chi connectivity index (χ2v) is 6.29. The van der Waals surface area contributed by atoms with E-state index >= 15 is 0 Å². The first-order valence-electron chi connectivity index (χ1n) is 7.46. The highest BCUT2D eigenvalue weighted by Crippen LogP contribution is 2.27. The molecule has 0 fully saturated rings. The summed E-state index contributed by atoms with van der Waals surface area (Å²) in [4.78, 5) is 11.8. The van der Waals surface area contributed by atoms with E-state index in [0.717, 1.165) is 12.8 Å². The highest BCUT2D eigenvalue weighted by molar-refractivity contribution is 6.32. The van der Waals surface area contributed by atoms with Crippen LogP contribution < -0.4 is 15.4 Å². The quantitative estimate of drug-likeness (QED) is 0.638. The number of aliphatic hydroxyl groups excluding tert-OH is 1. The summed E-state index contributed by atoms with van der Waals surface area (Å²) >= 11 is 6.06. The van der Waals surface area contributed by atoms with Gasteiger partial charge < -0.3 is 20.5 Å². The molecule has 0 spiro atoms. The van der Waals surface area contributed by atoms with Crippen LogP contribution in [0.5, 0.6) is 5.75 Å². The zero-order valence-corrected chi connectivity index (χ0v) is 14.2. The predicted molar refractivity (Wildman–Crippen MR) is 89.7 cm³/mol. The van der Waals surface area contributed by atoms with Crippen molar-refractivity contribution in [3.8, 4) is 5.75 Å². The van der Waals surface area contributed by atoms with E-state index in [9.17, 15) is 4.79 Å². The Labute approximate surface area is 137 Å². The fourth-order valence-electron chi connectivity index (χ4n) is 1.87. The number of urea groups is 1. The number of halogens is 1. The first kappa shape index (κ1) is 18.6. The van der Waals surface area contributed by atoms with Gasteiger partial charge in [0, 0.05) is 18.8 Å². The standard InChI is InChI=1S/C16H25ClN2O3/c1-4-22-14-7-6-12(10-13(14)17)19-15(21)18-9-5-8-16(2,3)11-20/h6-7,10,20H,4-5,8-9,11H2,1-3H3,(H2,18,19,21). The molecular formula is C16H25ClN2O3. The van der Waals surface area contributed by atoms with E-state index in [1.165, 1.54) is 0 Å². The molecular weight excluding hydrogens is 304 g/mol. The van der Waals surface area contributed by atoms with Gasteiger partial charge in [0.2, 0.25) is 0 Å². The van der Waals surface area contributed by atoms with Crippen LogP contribution in [0.1, 0.15) is 33.6 Å². The van der Waals surface area contributed by atoms with Gasteiger partial charge in [-0.1, -0.05) is 25.4 Å². The van der Waals surface area contributed by atoms with Crippen LogP contribution in [0, 0.1) is 5.41 Å². The summed E-state index contributed by atoms with van der Waals surface area (Å²) in [6, 6.07) is 4.85. The number of benzene rings is 1. The first-order chi connectivity index (χ1) is 10.4. The van der Waals surface area contributed by atoms with Gasteiger partial charge in [-0.05, 0) is 43.4 Å². The molecule has 0 aliphatic carbocycles. The maximum Gasteiger partial charge on any atom is 0.319 e. The van der Waals surface area contributed by atoms with Gasteiger partial charge in [0.25, 0.3) is 0 Å². The van der Waals surface area contributed by atoms with Crippen molar-refractivity contribution in [2.75, 3.05) is 25.1 Å². The second-order valence-electron chi connectivity index (χ2n) is 5.88. The number of carbonyl (C=O) groups excluding carboxylic acids is 1. The molecule has 0 aliphatic heterocycles. The second kappa shape index (κ2) is 8.86. The lowest BCUT2D eigenvalue weighted by atomic mass is 9.89. The van der Waals surface area contributed by atoms with Gasteiger partial charge in [0.15, 0.2) is 0 Å². The largest absolute Gasteiger partial charge is 0.492 e. The summed E-state index contributed by atoms with van der Waals surface area (Å²) in [7, 11) is 0. The average molecular weight is 329 g/mol. The summed E-state index contributed by atoms with van der Waals surface area (Å²) in [5, 5.41) is 15.1. The Bertz CT molecular complexity index is 492. The number of aliphatic hydroxyl groups is 1. The molecule has 5 nitrogen and oxygen atoms in total. The minimum absolute atomic E-state index is 0.110. The minimum Gasteiger partial charge on any atom is -0.492 e. The Morgan fingerprint density at radius 2 is 2.14 bits per heavy atom. The van der Waals surface area contributed by atoms with Gasteiger partial charge in [0.05, 0.1) is 11.6 Å². The lowest BCUT2D eigenvalue weighted by Gasteiger charge is -2.21. The number of hydrogen-bond acceptors (Lipinski definition) is 3. The van der Waals surface area contributed by atoms with Crippen molar-refractivity contribution in [1.29, 1.82) is 0 Å². The van der Waals surface area contributed by atoms with Gasteiger partial charge >= 0.3 is 6.03 Å². The lowest BCUT2D eigenvalue weighted by Crippen LogP contribution is -2.30. The monoisotopic (exact) mass is 328 g/mol. The summed E-state index contributed by atoms with van der Waals surface area (Å²) < 4.78 is 5.34. The van der Waals surface area contributed by atoms with E-state index in [4.69, 9.17) is 21.4 Å². The van der Waals surface area contributed by atoms with Crippen LogP contribution in [-0.4, -0.2) is 30.9 Å². The van der Waals surface area contributed by atoms with E-state index in [-0.39, 0.29) is 18.1 Å². The van der Waals surface area contributed by atoms with Crippen LogP contribution in [-0.2, 0) is 0 Å². The molecule has 6 heteroatoms. The molecule has 1 rings (SSSR count). The van der Waals surface area contributed by atoms with Gasteiger partial charge in [-0.2, -0.15) is 0 Å². The van der Waals surface area contributed by atoms with Gasteiger partial charge in [-0.15, -0.1) is 0 Å². The van der Waals surface area contributed by atoms with Crippen LogP contribution >= 0.6 is 11.6 Å². The van der Waals surface area contributed by atoms with Crippen LogP contribution in [0.4, 0.5) is 10.5 Å². The number of anilines is 1. The molecule has 3 N–H and O–H groups in total. The van der Waals surface area contributed by atoms with Crippen molar-refractivity contribution in [3.63, 3.8) is 0 Å². The Hall–Kier alpha value is -1.46. The number of amides is 2. The smallest absolute Gasteiger partial charge is 0.319 e. The van der Waals surface area contributed by atoms with E-state index in [1.54, 1.807) is 18.2 Å². The van der Waals surface area contributed by atoms with Crippen LogP contribution in [0.3, 0.4) is 0 Å². The zero-order valence-electron chi connectivity index (χ0n) is 13.4. The van der Waals surface area contributed by atoms with Crippen molar-refractivity contribution < 1.29 is 14.6 Å². The van der Waals surface area contributed by atoms with E-state index in [2.05, 4.69) is 10.6 Å². The highest BCUT2D eigenvalue weighted by Gasteiger charge is 2.15. The maximum absolute atomic E-state index is 11.8. The van der Waals surface area contributed by atoms with Crippen LogP contribution in [0.25, 0.3) is 0 Å². The SMILES string of the molecule is CCOc1ccc(NC(=O)NCCCC(C)(C)CO)cc1Cl. The first-order valence-corrected chi connectivity index (χ1v) is 7.84. The molecule has 1 aromatic carbocycles. The van der Waals surface area contributed by atoms with E-state index in [1.807, 2.05) is 20.8 Å². The molecule has 0 unspecified atom stereocenters. The fraction of sp³-hybridized carbons (Fsp3) is 0.562. The van der Waals surface area contributed by atoms with Crippen molar-refractivity contribution in [2.45, 2.75) is 33.6 Å². The normalized spacial score (nSPS) is 11.1. The number of ether oxygens (including phenoxy) is 1. The summed E-state index contributed by atoms with van der Waals surface area (Å²) in [6.07, 6.45) is 1.66. The van der Waals surface area contributed by atoms with Crippen LogP contribution in [0.15, 0.2) is 18.2 Å². The van der Waals surface area contributed by atoms with Gasteiger partial charge in [-0.25, -0.2) is 4.79 Å². The molecule has 1 aromatic rings. The molecule has 0 heterocycles. The number of rotatable bonds is 8. The number of nitrogens with one attached hydrogen (secondary N) is 2. The third-order valence-corrected chi connectivity index (χ3v) is 3.53. The summed E-state index contributed by atoms with van der Waals surface area (Å²) in [5.41, 5.74) is 0.502. The molecule has 2 amide bonds. The topological polar surface area (TPSA) is 70.6 Å². The molecule has 0 radical (unpaired) electrons. The third-order valence-electron chi connectivity index (χ3n) is 3.23. The molecule has 0 saturated carbocycles. The van der Waals surface area contributed by atoms with Crippen molar-refractivity contribution in [1.82, 2.24) is 5.32 Å². The number of hydrogen-bond donors (Lipinski definition) is 3. The number of carbonyl (C=O) groups is 1. The summed E-state index contributed by atoms with van der Waals surface area (Å²) in [6.45, 7) is 7.11. The fourth-order valence-corrected chi connectivity index (χ4v) is 2.11. The zero-order chi connectivity index (χ0) is 16.6. The molecule has 22 heavy (non-hydrogen) atoms. The van der Waals surface area contributed by atoms with Crippen molar-refractivity contribution in [3.05, 3.63) is 23.2 Å². The van der Waals surface area contributed by atoms with Crippen LogP contribution in [0.2, 0.25) is 5.02 Å². The van der Waals surface area contributed by atoms with Gasteiger partial charge in [0.1, 0.15) is 5.75 Å². The Morgan fingerprint density at radius 1 is 1.41 bits per heavy atom. The summed E-state index contributed by atoms with van der Waals surface area (Å²) in [5.74, 6) is 0.598. The Balaban J connectivity index is 2.38. The molecule has 0 saturated heterocycles. The average Bonchev–Trinajstić information content (AvgIpc) is 2.47. The molecule has 124 valence electrons. The minimum atomic E-state index is -0.276.